The molecule has 2 aromatic rings. The van der Waals surface area contributed by atoms with Crippen molar-refractivity contribution in [3.63, 3.8) is 0 Å². The second kappa shape index (κ2) is 8.01. The number of hydrogen-bond donors (Lipinski definition) is 1. The minimum Gasteiger partial charge on any atom is -0.496 e. The van der Waals surface area contributed by atoms with Crippen LogP contribution < -0.4 is 4.74 Å². The van der Waals surface area contributed by atoms with E-state index in [0.29, 0.717) is 24.5 Å². The third kappa shape index (κ3) is 4.03. The third-order valence-corrected chi connectivity index (χ3v) is 4.36. The van der Waals surface area contributed by atoms with Crippen molar-refractivity contribution in [2.75, 3.05) is 26.8 Å². The van der Waals surface area contributed by atoms with Crippen LogP contribution >= 0.6 is 0 Å². The molecular weight excluding hydrogens is 334 g/mol. The molecule has 0 bridgehead atoms. The molecule has 6 nitrogen and oxygen atoms in total. The van der Waals surface area contributed by atoms with E-state index in [1.165, 1.54) is 0 Å². The molecule has 0 radical (unpaired) electrons. The number of ether oxygens (including phenoxy) is 2. The number of nitrogens with zero attached hydrogens (tertiary/aromatic N) is 1. The standard InChI is InChI=1S/C20H21NO5/c1-25-18-8-7-15(11-17(18)14-5-3-2-4-6-14)20(24)21-9-10-26-16(13-21)12-19(22)23/h2-8,11,16H,9-10,12-13H2,1H3,(H,22,23)/t16-/m0/s1. The summed E-state index contributed by atoms with van der Waals surface area (Å²) in [6.45, 7) is 1.06. The summed E-state index contributed by atoms with van der Waals surface area (Å²) < 4.78 is 10.9. The van der Waals surface area contributed by atoms with Gasteiger partial charge in [-0.3, -0.25) is 9.59 Å². The van der Waals surface area contributed by atoms with E-state index in [1.54, 1.807) is 24.1 Å². The quantitative estimate of drug-likeness (QED) is 0.892. The Morgan fingerprint density at radius 1 is 1.23 bits per heavy atom. The smallest absolute Gasteiger partial charge is 0.306 e. The van der Waals surface area contributed by atoms with Crippen molar-refractivity contribution in [3.8, 4) is 16.9 Å². The molecule has 1 aliphatic rings. The van der Waals surface area contributed by atoms with Gasteiger partial charge in [-0.2, -0.15) is 0 Å². The predicted molar refractivity (Wildman–Crippen MR) is 96.3 cm³/mol. The highest BCUT2D eigenvalue weighted by Gasteiger charge is 2.27. The summed E-state index contributed by atoms with van der Waals surface area (Å²) in [5, 5.41) is 8.93. The lowest BCUT2D eigenvalue weighted by atomic mass is 10.0. The van der Waals surface area contributed by atoms with Gasteiger partial charge in [0.15, 0.2) is 0 Å². The maximum atomic E-state index is 12.9. The van der Waals surface area contributed by atoms with E-state index in [-0.39, 0.29) is 18.9 Å². The second-order valence-corrected chi connectivity index (χ2v) is 6.12. The number of methoxy groups -OCH3 is 1. The van der Waals surface area contributed by atoms with E-state index in [4.69, 9.17) is 14.6 Å². The summed E-state index contributed by atoms with van der Waals surface area (Å²) in [4.78, 5) is 25.4. The van der Waals surface area contributed by atoms with Crippen LogP contribution in [0.25, 0.3) is 11.1 Å². The normalized spacial score (nSPS) is 17.0. The van der Waals surface area contributed by atoms with Gasteiger partial charge in [0.05, 0.1) is 26.2 Å². The molecule has 0 aromatic heterocycles. The van der Waals surface area contributed by atoms with Crippen LogP contribution in [0.1, 0.15) is 16.8 Å². The predicted octanol–water partition coefficient (Wildman–Crippen LogP) is 2.68. The average Bonchev–Trinajstić information content (AvgIpc) is 2.67. The fourth-order valence-electron chi connectivity index (χ4n) is 3.09. The Morgan fingerprint density at radius 3 is 2.69 bits per heavy atom. The van der Waals surface area contributed by atoms with Gasteiger partial charge in [0.2, 0.25) is 0 Å². The van der Waals surface area contributed by atoms with Crippen LogP contribution in [0.4, 0.5) is 0 Å². The maximum Gasteiger partial charge on any atom is 0.306 e. The van der Waals surface area contributed by atoms with E-state index < -0.39 is 12.1 Å². The number of morpholine rings is 1. The maximum absolute atomic E-state index is 12.9. The highest BCUT2D eigenvalue weighted by Crippen LogP contribution is 2.31. The zero-order valence-corrected chi connectivity index (χ0v) is 14.6. The van der Waals surface area contributed by atoms with Crippen LogP contribution in [0.3, 0.4) is 0 Å². The second-order valence-electron chi connectivity index (χ2n) is 6.12. The van der Waals surface area contributed by atoms with E-state index in [1.807, 2.05) is 36.4 Å². The third-order valence-electron chi connectivity index (χ3n) is 4.36. The number of benzene rings is 2. The molecule has 1 N–H and O–H groups in total. The molecule has 0 unspecified atom stereocenters. The van der Waals surface area contributed by atoms with Gasteiger partial charge in [-0.25, -0.2) is 0 Å². The van der Waals surface area contributed by atoms with Crippen molar-refractivity contribution >= 4 is 11.9 Å². The number of carbonyl (C=O) groups excluding carboxylic acids is 1. The monoisotopic (exact) mass is 355 g/mol. The SMILES string of the molecule is COc1ccc(C(=O)N2CCO[C@@H](CC(=O)O)C2)cc1-c1ccccc1. The lowest BCUT2D eigenvalue weighted by Gasteiger charge is -2.32. The number of rotatable bonds is 5. The molecule has 136 valence electrons. The van der Waals surface area contributed by atoms with Gasteiger partial charge in [-0.05, 0) is 23.8 Å². The molecule has 1 atom stereocenters. The summed E-state index contributed by atoms with van der Waals surface area (Å²) in [7, 11) is 1.60. The zero-order chi connectivity index (χ0) is 18.5. The van der Waals surface area contributed by atoms with Crippen LogP contribution in [-0.4, -0.2) is 54.8 Å². The van der Waals surface area contributed by atoms with Gasteiger partial charge >= 0.3 is 5.97 Å². The fourth-order valence-corrected chi connectivity index (χ4v) is 3.09. The Morgan fingerprint density at radius 2 is 2.00 bits per heavy atom. The van der Waals surface area contributed by atoms with Crippen LogP contribution in [0.5, 0.6) is 5.75 Å². The lowest BCUT2D eigenvalue weighted by molar-refractivity contribution is -0.141. The fraction of sp³-hybridized carbons (Fsp3) is 0.300. The van der Waals surface area contributed by atoms with Crippen LogP contribution in [0, 0.1) is 0 Å². The Kier molecular flexibility index (Phi) is 5.53. The zero-order valence-electron chi connectivity index (χ0n) is 14.6. The van der Waals surface area contributed by atoms with Gasteiger partial charge < -0.3 is 19.5 Å². The van der Waals surface area contributed by atoms with Gasteiger partial charge in [0.25, 0.3) is 5.91 Å². The summed E-state index contributed by atoms with van der Waals surface area (Å²) in [6, 6.07) is 15.1. The summed E-state index contributed by atoms with van der Waals surface area (Å²) >= 11 is 0. The molecule has 1 saturated heterocycles. The number of hydrogen-bond acceptors (Lipinski definition) is 4. The molecule has 3 rings (SSSR count). The Balaban J connectivity index is 1.84. The van der Waals surface area contributed by atoms with Gasteiger partial charge in [-0.1, -0.05) is 30.3 Å². The molecular formula is C20H21NO5. The molecule has 0 aliphatic carbocycles. The highest BCUT2D eigenvalue weighted by molar-refractivity contribution is 5.96. The van der Waals surface area contributed by atoms with E-state index in [9.17, 15) is 9.59 Å². The van der Waals surface area contributed by atoms with Crippen molar-refractivity contribution in [1.82, 2.24) is 4.90 Å². The molecule has 0 spiro atoms. The molecule has 0 saturated carbocycles. The lowest BCUT2D eigenvalue weighted by Crippen LogP contribution is -2.46. The summed E-state index contributed by atoms with van der Waals surface area (Å²) in [5.41, 5.74) is 2.35. The molecule has 1 heterocycles. The first kappa shape index (κ1) is 17.9. The molecule has 1 amide bonds. The van der Waals surface area contributed by atoms with Crippen LogP contribution in [-0.2, 0) is 9.53 Å². The Labute approximate surface area is 152 Å². The van der Waals surface area contributed by atoms with Gasteiger partial charge in [0, 0.05) is 24.2 Å². The van der Waals surface area contributed by atoms with E-state index >= 15 is 0 Å². The van der Waals surface area contributed by atoms with Crippen molar-refractivity contribution in [2.24, 2.45) is 0 Å². The molecule has 1 aliphatic heterocycles. The minimum atomic E-state index is -0.930. The number of carboxylic acid groups (broad SMARTS) is 1. The first-order valence-electron chi connectivity index (χ1n) is 8.44. The Hall–Kier alpha value is -2.86. The summed E-state index contributed by atoms with van der Waals surface area (Å²) in [6.07, 6.45) is -0.584. The van der Waals surface area contributed by atoms with Crippen molar-refractivity contribution in [3.05, 3.63) is 54.1 Å². The first-order valence-corrected chi connectivity index (χ1v) is 8.44. The van der Waals surface area contributed by atoms with E-state index in [0.717, 1.165) is 11.1 Å². The van der Waals surface area contributed by atoms with Crippen molar-refractivity contribution in [2.45, 2.75) is 12.5 Å². The Bertz CT molecular complexity index is 790. The van der Waals surface area contributed by atoms with Crippen LogP contribution in [0.15, 0.2) is 48.5 Å². The van der Waals surface area contributed by atoms with Gasteiger partial charge in [-0.15, -0.1) is 0 Å². The van der Waals surface area contributed by atoms with Crippen LogP contribution in [0.2, 0.25) is 0 Å². The number of aliphatic carboxylic acids is 1. The molecule has 1 fully saturated rings. The number of amides is 1. The average molecular weight is 355 g/mol. The molecule has 6 heteroatoms. The minimum absolute atomic E-state index is 0.109. The summed E-state index contributed by atoms with van der Waals surface area (Å²) in [5.74, 6) is -0.373. The number of carbonyl (C=O) groups is 2. The largest absolute Gasteiger partial charge is 0.496 e. The number of carboxylic acids is 1. The van der Waals surface area contributed by atoms with Crippen molar-refractivity contribution in [1.29, 1.82) is 0 Å². The van der Waals surface area contributed by atoms with E-state index in [2.05, 4.69) is 0 Å². The first-order chi connectivity index (χ1) is 12.6. The van der Waals surface area contributed by atoms with Gasteiger partial charge in [0.1, 0.15) is 5.75 Å². The van der Waals surface area contributed by atoms with Crippen molar-refractivity contribution < 1.29 is 24.2 Å². The molecule has 2 aromatic carbocycles. The highest BCUT2D eigenvalue weighted by atomic mass is 16.5. The topological polar surface area (TPSA) is 76.1 Å². The molecule has 26 heavy (non-hydrogen) atoms.